The van der Waals surface area contributed by atoms with E-state index in [1.165, 1.54) is 6.07 Å². The predicted octanol–water partition coefficient (Wildman–Crippen LogP) is 3.10. The fourth-order valence-corrected chi connectivity index (χ4v) is 3.13. The maximum atomic E-state index is 11.9. The van der Waals surface area contributed by atoms with Gasteiger partial charge in [-0.05, 0) is 18.2 Å². The lowest BCUT2D eigenvalue weighted by atomic mass is 10.3. The molecule has 1 N–H and O–H groups in total. The number of nitrogens with zero attached hydrogens (tertiary/aromatic N) is 1. The first kappa shape index (κ1) is 17.2. The molecule has 22 heavy (non-hydrogen) atoms. The molecule has 5 nitrogen and oxygen atoms in total. The molecule has 0 atom stereocenters. The van der Waals surface area contributed by atoms with Crippen LogP contribution in [0.2, 0.25) is 10.0 Å². The summed E-state index contributed by atoms with van der Waals surface area (Å²) in [5, 5.41) is 3.39. The first-order chi connectivity index (χ1) is 10.4. The minimum atomic E-state index is -0.365. The van der Waals surface area contributed by atoms with Crippen molar-refractivity contribution in [2.45, 2.75) is 12.8 Å². The zero-order valence-corrected chi connectivity index (χ0v) is 14.2. The first-order valence-corrected chi connectivity index (χ1v) is 8.31. The molecule has 1 aliphatic rings. The number of benzene rings is 1. The van der Waals surface area contributed by atoms with Crippen molar-refractivity contribution in [3.05, 3.63) is 28.2 Å². The zero-order chi connectivity index (χ0) is 16.3. The van der Waals surface area contributed by atoms with Crippen LogP contribution in [-0.4, -0.2) is 32.7 Å². The van der Waals surface area contributed by atoms with Crippen molar-refractivity contribution in [3.8, 4) is 0 Å². The van der Waals surface area contributed by atoms with Crippen molar-refractivity contribution in [1.82, 2.24) is 4.90 Å². The Hall–Kier alpha value is -1.15. The molecule has 9 heteroatoms. The van der Waals surface area contributed by atoms with Gasteiger partial charge in [-0.15, -0.1) is 0 Å². The van der Waals surface area contributed by atoms with Crippen LogP contribution in [0.15, 0.2) is 18.2 Å². The second-order valence-corrected chi connectivity index (χ2v) is 6.80. The number of likely N-dealkylation sites (tertiary alicyclic amines) is 1. The van der Waals surface area contributed by atoms with Crippen LogP contribution in [0, 0.1) is 0 Å². The van der Waals surface area contributed by atoms with Gasteiger partial charge in [-0.2, -0.15) is 0 Å². The monoisotopic (exact) mass is 376 g/mol. The Balaban J connectivity index is 1.90. The molecule has 3 amide bonds. The number of thioether (sulfide) groups is 1. The number of halogens is 2. The molecule has 0 saturated carbocycles. The van der Waals surface area contributed by atoms with E-state index in [4.69, 9.17) is 35.4 Å². The Bertz CT molecular complexity index is 651. The zero-order valence-electron chi connectivity index (χ0n) is 11.1. The van der Waals surface area contributed by atoms with E-state index in [1.807, 2.05) is 0 Å². The summed E-state index contributed by atoms with van der Waals surface area (Å²) in [5.74, 6) is -1.07. The smallest absolute Gasteiger partial charge is 0.235 e. The van der Waals surface area contributed by atoms with Gasteiger partial charge < -0.3 is 5.32 Å². The molecule has 1 saturated heterocycles. The van der Waals surface area contributed by atoms with Gasteiger partial charge in [-0.25, -0.2) is 4.90 Å². The maximum Gasteiger partial charge on any atom is 0.235 e. The van der Waals surface area contributed by atoms with E-state index >= 15 is 0 Å². The number of amides is 3. The van der Waals surface area contributed by atoms with Crippen LogP contribution in [0.4, 0.5) is 5.69 Å². The van der Waals surface area contributed by atoms with E-state index in [0.29, 0.717) is 15.7 Å². The molecule has 0 aliphatic carbocycles. The third kappa shape index (κ3) is 4.19. The lowest BCUT2D eigenvalue weighted by Gasteiger charge is -2.14. The summed E-state index contributed by atoms with van der Waals surface area (Å²) in [6, 6.07) is 4.70. The average molecular weight is 377 g/mol. The normalized spacial score (nSPS) is 14.4. The second-order valence-electron chi connectivity index (χ2n) is 4.35. The molecule has 0 spiro atoms. The van der Waals surface area contributed by atoms with E-state index in [1.54, 1.807) is 12.1 Å². The summed E-state index contributed by atoms with van der Waals surface area (Å²) in [7, 11) is 0. The van der Waals surface area contributed by atoms with Crippen molar-refractivity contribution in [1.29, 1.82) is 0 Å². The van der Waals surface area contributed by atoms with Crippen molar-refractivity contribution < 1.29 is 14.4 Å². The molecule has 1 aromatic rings. The fourth-order valence-electron chi connectivity index (χ4n) is 1.75. The second kappa shape index (κ2) is 7.41. The quantitative estimate of drug-likeness (QED) is 0.648. The van der Waals surface area contributed by atoms with Crippen LogP contribution in [-0.2, 0) is 14.4 Å². The van der Waals surface area contributed by atoms with Crippen LogP contribution >= 0.6 is 47.2 Å². The van der Waals surface area contributed by atoms with E-state index in [2.05, 4.69) is 5.32 Å². The molecule has 116 valence electrons. The first-order valence-electron chi connectivity index (χ1n) is 6.16. The lowest BCUT2D eigenvalue weighted by Crippen LogP contribution is -2.33. The number of imide groups is 1. The molecule has 0 bridgehead atoms. The van der Waals surface area contributed by atoms with E-state index in [0.717, 1.165) is 16.7 Å². The summed E-state index contributed by atoms with van der Waals surface area (Å²) in [5.41, 5.74) is 0.388. The largest absolute Gasteiger partial charge is 0.324 e. The van der Waals surface area contributed by atoms with Crippen molar-refractivity contribution in [2.24, 2.45) is 0 Å². The van der Waals surface area contributed by atoms with Crippen LogP contribution < -0.4 is 5.32 Å². The van der Waals surface area contributed by atoms with Crippen molar-refractivity contribution in [2.75, 3.05) is 11.1 Å². The van der Waals surface area contributed by atoms with E-state index in [-0.39, 0.29) is 40.6 Å². The van der Waals surface area contributed by atoms with Gasteiger partial charge in [-0.3, -0.25) is 14.4 Å². The highest BCUT2D eigenvalue weighted by atomic mass is 35.5. The Morgan fingerprint density at radius 3 is 2.55 bits per heavy atom. The van der Waals surface area contributed by atoms with Crippen LogP contribution in [0.3, 0.4) is 0 Å². The van der Waals surface area contributed by atoms with Gasteiger partial charge in [0.2, 0.25) is 17.7 Å². The lowest BCUT2D eigenvalue weighted by molar-refractivity contribution is -0.133. The number of nitrogens with one attached hydrogen (secondary N) is 1. The number of anilines is 1. The van der Waals surface area contributed by atoms with Crippen LogP contribution in [0.1, 0.15) is 12.8 Å². The van der Waals surface area contributed by atoms with Crippen molar-refractivity contribution >= 4 is 74.9 Å². The number of thiocarbonyl (C=S) groups is 1. The predicted molar refractivity (Wildman–Crippen MR) is 91.2 cm³/mol. The fraction of sp³-hybridized carbons (Fsp3) is 0.231. The average Bonchev–Trinajstić information content (AvgIpc) is 2.80. The van der Waals surface area contributed by atoms with Crippen LogP contribution in [0.25, 0.3) is 0 Å². The van der Waals surface area contributed by atoms with Gasteiger partial charge in [0.15, 0.2) is 0 Å². The van der Waals surface area contributed by atoms with Crippen LogP contribution in [0.5, 0.6) is 0 Å². The summed E-state index contributed by atoms with van der Waals surface area (Å²) < 4.78 is 0.0832. The number of carbonyl (C=O) groups excluding carboxylic acids is 3. The minimum absolute atomic E-state index is 0.0429. The Morgan fingerprint density at radius 2 is 1.91 bits per heavy atom. The third-order valence-corrected chi connectivity index (χ3v) is 4.70. The highest BCUT2D eigenvalue weighted by Crippen LogP contribution is 2.26. The molecule has 1 aliphatic heterocycles. The highest BCUT2D eigenvalue weighted by Gasteiger charge is 2.32. The standard InChI is InChI=1S/C13H10Cl2N2O3S2/c14-7-1-2-8(15)9(5-7)16-10(18)6-22-13(21)17-11(19)3-4-12(17)20/h1-2,5H,3-4,6H2,(H,16,18). The number of carbonyl (C=O) groups is 3. The summed E-state index contributed by atoms with van der Waals surface area (Å²) in [4.78, 5) is 35.9. The number of rotatable bonds is 3. The summed E-state index contributed by atoms with van der Waals surface area (Å²) in [6.45, 7) is 0. The van der Waals surface area contributed by atoms with E-state index in [9.17, 15) is 14.4 Å². The molecule has 1 fully saturated rings. The Labute approximate surface area is 146 Å². The van der Waals surface area contributed by atoms with Gasteiger partial charge >= 0.3 is 0 Å². The molecule has 0 unspecified atom stereocenters. The molecule has 2 rings (SSSR count). The molecule has 1 aromatic carbocycles. The minimum Gasteiger partial charge on any atom is -0.324 e. The maximum absolute atomic E-state index is 11.9. The van der Waals surface area contributed by atoms with E-state index < -0.39 is 0 Å². The Morgan fingerprint density at radius 1 is 1.27 bits per heavy atom. The summed E-state index contributed by atoms with van der Waals surface area (Å²) >= 11 is 17.7. The number of hydrogen-bond acceptors (Lipinski definition) is 5. The van der Waals surface area contributed by atoms with Gasteiger partial charge in [0, 0.05) is 17.9 Å². The van der Waals surface area contributed by atoms with Crippen molar-refractivity contribution in [3.63, 3.8) is 0 Å². The highest BCUT2D eigenvalue weighted by molar-refractivity contribution is 8.23. The van der Waals surface area contributed by atoms with Gasteiger partial charge in [0.05, 0.1) is 16.5 Å². The molecule has 0 aromatic heterocycles. The number of hydrogen-bond donors (Lipinski definition) is 1. The van der Waals surface area contributed by atoms with Gasteiger partial charge in [-0.1, -0.05) is 47.2 Å². The Kier molecular flexibility index (Phi) is 5.80. The molecular formula is C13H10Cl2N2O3S2. The SMILES string of the molecule is O=C(CSC(=S)N1C(=O)CCC1=O)Nc1cc(Cl)ccc1Cl. The van der Waals surface area contributed by atoms with Gasteiger partial charge in [0.1, 0.15) is 4.32 Å². The third-order valence-electron chi connectivity index (χ3n) is 2.76. The summed E-state index contributed by atoms with van der Waals surface area (Å²) in [6.07, 6.45) is 0.313. The molecule has 0 radical (unpaired) electrons. The molecule has 1 heterocycles. The molecular weight excluding hydrogens is 367 g/mol. The van der Waals surface area contributed by atoms with Gasteiger partial charge in [0.25, 0.3) is 0 Å². The topological polar surface area (TPSA) is 66.5 Å².